The molecule has 1 aromatic heterocycles. The standard InChI is InChI=1S/C30H26FN3O3/c1-2-3-8-27-32-30(34-33-27)29(21-13-15-23(31)16-14-21)20-11-9-19(10-12-20)24-7-5-4-6-22(24)17-26-25(35)18-28(36)37-26/h4-7,9-18,29,35H,2-3,8H2,1H3,(H,32,33,34)/b26-17-. The molecule has 0 saturated carbocycles. The van der Waals surface area contributed by atoms with Crippen LogP contribution in [0.1, 0.15) is 54.0 Å². The Kier molecular flexibility index (Phi) is 6.94. The number of aliphatic hydroxyl groups excluding tert-OH is 1. The molecular weight excluding hydrogens is 469 g/mol. The summed E-state index contributed by atoms with van der Waals surface area (Å²) in [5, 5.41) is 17.5. The first-order valence-electron chi connectivity index (χ1n) is 12.2. The number of H-pyrrole nitrogens is 1. The number of rotatable bonds is 8. The van der Waals surface area contributed by atoms with Gasteiger partial charge < -0.3 is 9.84 Å². The van der Waals surface area contributed by atoms with Gasteiger partial charge in [-0.05, 0) is 52.4 Å². The van der Waals surface area contributed by atoms with Gasteiger partial charge in [0.2, 0.25) is 0 Å². The van der Waals surface area contributed by atoms with Gasteiger partial charge in [-0.3, -0.25) is 5.10 Å². The van der Waals surface area contributed by atoms with Crippen molar-refractivity contribution >= 4 is 12.0 Å². The highest BCUT2D eigenvalue weighted by Crippen LogP contribution is 2.33. The van der Waals surface area contributed by atoms with Gasteiger partial charge in [0, 0.05) is 6.42 Å². The number of benzene rings is 3. The summed E-state index contributed by atoms with van der Waals surface area (Å²) >= 11 is 0. The molecule has 1 unspecified atom stereocenters. The van der Waals surface area contributed by atoms with Crippen molar-refractivity contribution in [1.29, 1.82) is 0 Å². The fourth-order valence-electron chi connectivity index (χ4n) is 4.40. The molecule has 1 atom stereocenters. The number of nitrogens with one attached hydrogen (secondary N) is 1. The number of cyclic esters (lactones) is 1. The number of halogens is 1. The number of hydrogen-bond acceptors (Lipinski definition) is 5. The summed E-state index contributed by atoms with van der Waals surface area (Å²) in [6.45, 7) is 2.13. The molecule has 0 amide bonds. The highest BCUT2D eigenvalue weighted by Gasteiger charge is 2.23. The Morgan fingerprint density at radius 2 is 1.73 bits per heavy atom. The van der Waals surface area contributed by atoms with E-state index in [0.717, 1.165) is 59.0 Å². The van der Waals surface area contributed by atoms with Crippen LogP contribution in [-0.2, 0) is 16.0 Å². The van der Waals surface area contributed by atoms with Crippen LogP contribution < -0.4 is 0 Å². The van der Waals surface area contributed by atoms with Crippen LogP contribution in [-0.4, -0.2) is 26.3 Å². The average Bonchev–Trinajstić information content (AvgIpc) is 3.50. The minimum absolute atomic E-state index is 0.119. The average molecular weight is 496 g/mol. The first kappa shape index (κ1) is 24.2. The number of carbonyl (C=O) groups is 1. The summed E-state index contributed by atoms with van der Waals surface area (Å²) in [7, 11) is 0. The first-order chi connectivity index (χ1) is 18.0. The smallest absolute Gasteiger partial charge is 0.340 e. The van der Waals surface area contributed by atoms with Crippen LogP contribution in [0.5, 0.6) is 0 Å². The van der Waals surface area contributed by atoms with Crippen LogP contribution in [0.25, 0.3) is 17.2 Å². The zero-order valence-corrected chi connectivity index (χ0v) is 20.3. The van der Waals surface area contributed by atoms with Crippen LogP contribution in [0.4, 0.5) is 4.39 Å². The van der Waals surface area contributed by atoms with Gasteiger partial charge >= 0.3 is 5.97 Å². The van der Waals surface area contributed by atoms with Crippen LogP contribution in [0.15, 0.2) is 90.4 Å². The van der Waals surface area contributed by atoms with Gasteiger partial charge in [-0.2, -0.15) is 5.10 Å². The van der Waals surface area contributed by atoms with Crippen molar-refractivity contribution in [3.63, 3.8) is 0 Å². The monoisotopic (exact) mass is 495 g/mol. The number of aromatic amines is 1. The van der Waals surface area contributed by atoms with Crippen LogP contribution in [0.2, 0.25) is 0 Å². The maximum Gasteiger partial charge on any atom is 0.340 e. The molecule has 3 aromatic carbocycles. The summed E-state index contributed by atoms with van der Waals surface area (Å²) in [6, 6.07) is 22.1. The molecule has 1 aliphatic rings. The molecule has 0 aliphatic carbocycles. The Hall–Kier alpha value is -4.52. The third kappa shape index (κ3) is 5.35. The number of hydrogen-bond donors (Lipinski definition) is 2. The van der Waals surface area contributed by atoms with Crippen molar-refractivity contribution in [2.45, 2.75) is 32.1 Å². The molecule has 2 heterocycles. The third-order valence-corrected chi connectivity index (χ3v) is 6.30. The minimum atomic E-state index is -0.595. The van der Waals surface area contributed by atoms with Gasteiger partial charge in [-0.1, -0.05) is 74.0 Å². The lowest BCUT2D eigenvalue weighted by molar-refractivity contribution is -0.132. The normalized spacial score (nSPS) is 15.0. The number of unbranched alkanes of at least 4 members (excludes halogenated alkanes) is 1. The molecular formula is C30H26FN3O3. The van der Waals surface area contributed by atoms with E-state index in [1.54, 1.807) is 18.2 Å². The number of aliphatic hydroxyl groups is 1. The molecule has 0 saturated heterocycles. The van der Waals surface area contributed by atoms with Crippen molar-refractivity contribution < 1.29 is 19.0 Å². The largest absolute Gasteiger partial charge is 0.504 e. The van der Waals surface area contributed by atoms with Crippen molar-refractivity contribution in [1.82, 2.24) is 15.2 Å². The predicted octanol–water partition coefficient (Wildman–Crippen LogP) is 6.47. The van der Waals surface area contributed by atoms with E-state index in [2.05, 4.69) is 17.1 Å². The fourth-order valence-corrected chi connectivity index (χ4v) is 4.40. The van der Waals surface area contributed by atoms with Crippen LogP contribution >= 0.6 is 0 Å². The van der Waals surface area contributed by atoms with E-state index in [1.807, 2.05) is 48.5 Å². The van der Waals surface area contributed by atoms with E-state index in [1.165, 1.54) is 12.1 Å². The molecule has 2 N–H and O–H groups in total. The molecule has 0 radical (unpaired) electrons. The Labute approximate surface area is 214 Å². The van der Waals surface area contributed by atoms with Gasteiger partial charge in [0.15, 0.2) is 17.3 Å². The summed E-state index contributed by atoms with van der Waals surface area (Å²) < 4.78 is 18.8. The topological polar surface area (TPSA) is 88.1 Å². The number of ether oxygens (including phenoxy) is 1. The number of aryl methyl sites for hydroxylation is 1. The lowest BCUT2D eigenvalue weighted by Crippen LogP contribution is -2.06. The minimum Gasteiger partial charge on any atom is -0.504 e. The second kappa shape index (κ2) is 10.6. The Morgan fingerprint density at radius 3 is 2.41 bits per heavy atom. The maximum atomic E-state index is 13.7. The molecule has 186 valence electrons. The zero-order chi connectivity index (χ0) is 25.8. The van der Waals surface area contributed by atoms with Crippen LogP contribution in [0, 0.1) is 5.82 Å². The highest BCUT2D eigenvalue weighted by molar-refractivity contribution is 5.89. The Morgan fingerprint density at radius 1 is 1.03 bits per heavy atom. The molecule has 0 spiro atoms. The zero-order valence-electron chi connectivity index (χ0n) is 20.3. The summed E-state index contributed by atoms with van der Waals surface area (Å²) in [6.07, 6.45) is 5.61. The highest BCUT2D eigenvalue weighted by atomic mass is 19.1. The molecule has 0 fully saturated rings. The van der Waals surface area contributed by atoms with E-state index < -0.39 is 5.97 Å². The molecule has 6 nitrogen and oxygen atoms in total. The quantitative estimate of drug-likeness (QED) is 0.273. The lowest BCUT2D eigenvalue weighted by Gasteiger charge is -2.16. The molecule has 7 heteroatoms. The molecule has 37 heavy (non-hydrogen) atoms. The molecule has 0 bridgehead atoms. The first-order valence-corrected chi connectivity index (χ1v) is 12.2. The van der Waals surface area contributed by atoms with Gasteiger partial charge in [-0.15, -0.1) is 0 Å². The fraction of sp³-hybridized carbons (Fsp3) is 0.167. The van der Waals surface area contributed by atoms with E-state index in [9.17, 15) is 14.3 Å². The van der Waals surface area contributed by atoms with Gasteiger partial charge in [0.25, 0.3) is 0 Å². The second-order valence-corrected chi connectivity index (χ2v) is 8.90. The van der Waals surface area contributed by atoms with Gasteiger partial charge in [0.05, 0.1) is 12.0 Å². The van der Waals surface area contributed by atoms with E-state index in [4.69, 9.17) is 9.72 Å². The van der Waals surface area contributed by atoms with Crippen molar-refractivity contribution in [3.05, 3.63) is 125 Å². The van der Waals surface area contributed by atoms with E-state index in [0.29, 0.717) is 5.82 Å². The number of esters is 1. The Balaban J connectivity index is 1.50. The second-order valence-electron chi connectivity index (χ2n) is 8.90. The SMILES string of the molecule is CCCCc1nc(C(c2ccc(F)cc2)c2ccc(-c3ccccc3/C=C3\OC(=O)C=C3O)cc2)n[nH]1. The van der Waals surface area contributed by atoms with E-state index in [-0.39, 0.29) is 23.3 Å². The predicted molar refractivity (Wildman–Crippen MR) is 139 cm³/mol. The van der Waals surface area contributed by atoms with Gasteiger partial charge in [0.1, 0.15) is 11.6 Å². The van der Waals surface area contributed by atoms with Crippen molar-refractivity contribution in [3.8, 4) is 11.1 Å². The van der Waals surface area contributed by atoms with Gasteiger partial charge in [-0.25, -0.2) is 14.2 Å². The van der Waals surface area contributed by atoms with Crippen molar-refractivity contribution in [2.24, 2.45) is 0 Å². The summed E-state index contributed by atoms with van der Waals surface area (Å²) in [4.78, 5) is 16.2. The lowest BCUT2D eigenvalue weighted by atomic mass is 9.89. The number of carbonyl (C=O) groups excluding carboxylic acids is 1. The van der Waals surface area contributed by atoms with E-state index >= 15 is 0 Å². The number of nitrogens with zero attached hydrogens (tertiary/aromatic N) is 2. The maximum absolute atomic E-state index is 13.7. The molecule has 1 aliphatic heterocycles. The Bertz CT molecular complexity index is 1470. The molecule has 4 aromatic rings. The number of aromatic nitrogens is 3. The third-order valence-electron chi connectivity index (χ3n) is 6.30. The van der Waals surface area contributed by atoms with Crippen LogP contribution in [0.3, 0.4) is 0 Å². The summed E-state index contributed by atoms with van der Waals surface area (Å²) in [5.41, 5.74) is 4.52. The molecule has 5 rings (SSSR count). The summed E-state index contributed by atoms with van der Waals surface area (Å²) in [5.74, 6) is 0.251. The van der Waals surface area contributed by atoms with Crippen molar-refractivity contribution in [2.75, 3.05) is 0 Å².